The number of nitrogens with zero attached hydrogens (tertiary/aromatic N) is 3. The van der Waals surface area contributed by atoms with E-state index >= 15 is 0 Å². The van der Waals surface area contributed by atoms with Gasteiger partial charge in [-0.3, -0.25) is 4.68 Å². The van der Waals surface area contributed by atoms with Crippen molar-refractivity contribution in [2.24, 2.45) is 5.92 Å². The predicted molar refractivity (Wildman–Crippen MR) is 81.2 cm³/mol. The molecule has 0 N–H and O–H groups in total. The second kappa shape index (κ2) is 7.92. The molecule has 2 fully saturated rings. The summed E-state index contributed by atoms with van der Waals surface area (Å²) in [5, 5.41) is 4.28. The molecule has 3 heterocycles. The van der Waals surface area contributed by atoms with Crippen molar-refractivity contribution in [1.82, 2.24) is 14.7 Å². The normalized spacial score (nSPS) is 25.2. The molecule has 3 rings (SSSR count). The monoisotopic (exact) mass is 293 g/mol. The summed E-state index contributed by atoms with van der Waals surface area (Å²) in [5.74, 6) is 0.861. The average Bonchev–Trinajstić information content (AvgIpc) is 3.06. The first-order chi connectivity index (χ1) is 10.4. The quantitative estimate of drug-likeness (QED) is 0.802. The summed E-state index contributed by atoms with van der Waals surface area (Å²) in [4.78, 5) is 2.59. The Balaban J connectivity index is 1.29. The zero-order chi connectivity index (χ0) is 14.3. The van der Waals surface area contributed by atoms with Gasteiger partial charge in [0.05, 0.1) is 25.9 Å². The highest BCUT2D eigenvalue weighted by molar-refractivity contribution is 4.79. The Bertz CT molecular complexity index is 382. The molecule has 2 saturated heterocycles. The molecular formula is C16H27N3O2. The first-order valence-corrected chi connectivity index (χ1v) is 8.29. The lowest BCUT2D eigenvalue weighted by atomic mass is 9.93. The summed E-state index contributed by atoms with van der Waals surface area (Å²) in [6, 6.07) is 2.00. The number of aryl methyl sites for hydroxylation is 1. The van der Waals surface area contributed by atoms with Crippen LogP contribution in [0, 0.1) is 5.92 Å². The van der Waals surface area contributed by atoms with Crippen LogP contribution in [-0.4, -0.2) is 60.2 Å². The summed E-state index contributed by atoms with van der Waals surface area (Å²) in [5.41, 5.74) is 0. The van der Waals surface area contributed by atoms with Crippen molar-refractivity contribution in [3.8, 4) is 0 Å². The zero-order valence-corrected chi connectivity index (χ0v) is 12.8. The molecule has 2 aliphatic heterocycles. The summed E-state index contributed by atoms with van der Waals surface area (Å²) < 4.78 is 13.2. The van der Waals surface area contributed by atoms with Gasteiger partial charge in [-0.15, -0.1) is 0 Å². The number of hydrogen-bond acceptors (Lipinski definition) is 4. The standard InChI is InChI=1S/C16H27N3O2/c1-6-17-19(7-1)11-4-15-2-8-18(9-3-15)10-5-16-14-20-12-13-21-16/h1,6-7,15-16H,2-5,8-14H2. The molecule has 0 spiro atoms. The molecule has 2 aliphatic rings. The van der Waals surface area contributed by atoms with Gasteiger partial charge in [-0.1, -0.05) is 0 Å². The highest BCUT2D eigenvalue weighted by atomic mass is 16.6. The van der Waals surface area contributed by atoms with E-state index in [1.54, 1.807) is 0 Å². The Morgan fingerprint density at radius 2 is 2.00 bits per heavy atom. The van der Waals surface area contributed by atoms with E-state index < -0.39 is 0 Å². The predicted octanol–water partition coefficient (Wildman–Crippen LogP) is 1.79. The smallest absolute Gasteiger partial charge is 0.0821 e. The van der Waals surface area contributed by atoms with Crippen LogP contribution in [0.1, 0.15) is 25.7 Å². The zero-order valence-electron chi connectivity index (χ0n) is 12.8. The number of piperidine rings is 1. The summed E-state index contributed by atoms with van der Waals surface area (Å²) in [6.07, 6.45) is 9.25. The SMILES string of the molecule is c1cnn(CCC2CCN(CCC3COCCO3)CC2)c1. The second-order valence-corrected chi connectivity index (χ2v) is 6.20. The average molecular weight is 293 g/mol. The minimum atomic E-state index is 0.316. The molecule has 1 unspecified atom stereocenters. The molecule has 0 aromatic carbocycles. The van der Waals surface area contributed by atoms with E-state index in [9.17, 15) is 0 Å². The van der Waals surface area contributed by atoms with Gasteiger partial charge in [-0.25, -0.2) is 0 Å². The Kier molecular flexibility index (Phi) is 5.66. The molecule has 118 valence electrons. The van der Waals surface area contributed by atoms with Gasteiger partial charge in [0.2, 0.25) is 0 Å². The number of aromatic nitrogens is 2. The highest BCUT2D eigenvalue weighted by Gasteiger charge is 2.21. The molecule has 1 aromatic rings. The van der Waals surface area contributed by atoms with E-state index in [1.165, 1.54) is 32.4 Å². The van der Waals surface area contributed by atoms with Crippen LogP contribution in [-0.2, 0) is 16.0 Å². The van der Waals surface area contributed by atoms with Crippen molar-refractivity contribution < 1.29 is 9.47 Å². The van der Waals surface area contributed by atoms with Gasteiger partial charge in [-0.05, 0) is 50.8 Å². The fourth-order valence-corrected chi connectivity index (χ4v) is 3.28. The van der Waals surface area contributed by atoms with Crippen LogP contribution in [0.2, 0.25) is 0 Å². The van der Waals surface area contributed by atoms with Crippen LogP contribution in [0.4, 0.5) is 0 Å². The molecule has 0 saturated carbocycles. The lowest BCUT2D eigenvalue weighted by molar-refractivity contribution is -0.0931. The highest BCUT2D eigenvalue weighted by Crippen LogP contribution is 2.21. The lowest BCUT2D eigenvalue weighted by Crippen LogP contribution is -2.38. The van der Waals surface area contributed by atoms with Crippen LogP contribution >= 0.6 is 0 Å². The van der Waals surface area contributed by atoms with Crippen molar-refractivity contribution in [2.45, 2.75) is 38.3 Å². The summed E-state index contributed by atoms with van der Waals surface area (Å²) in [7, 11) is 0. The third-order valence-electron chi connectivity index (χ3n) is 4.69. The topological polar surface area (TPSA) is 39.5 Å². The third-order valence-corrected chi connectivity index (χ3v) is 4.69. The fourth-order valence-electron chi connectivity index (χ4n) is 3.28. The molecule has 0 bridgehead atoms. The molecule has 0 aliphatic carbocycles. The molecule has 1 aromatic heterocycles. The van der Waals surface area contributed by atoms with Gasteiger partial charge in [0.1, 0.15) is 0 Å². The molecule has 5 nitrogen and oxygen atoms in total. The maximum absolute atomic E-state index is 5.71. The first kappa shape index (κ1) is 15.0. The van der Waals surface area contributed by atoms with E-state index in [0.717, 1.165) is 45.2 Å². The number of ether oxygens (including phenoxy) is 2. The van der Waals surface area contributed by atoms with Crippen molar-refractivity contribution in [1.29, 1.82) is 0 Å². The van der Waals surface area contributed by atoms with Gasteiger partial charge < -0.3 is 14.4 Å². The van der Waals surface area contributed by atoms with Gasteiger partial charge in [0.15, 0.2) is 0 Å². The van der Waals surface area contributed by atoms with E-state index in [1.807, 2.05) is 16.9 Å². The lowest BCUT2D eigenvalue weighted by Gasteiger charge is -2.33. The largest absolute Gasteiger partial charge is 0.376 e. The fraction of sp³-hybridized carbons (Fsp3) is 0.812. The Hall–Kier alpha value is -0.910. The molecule has 0 radical (unpaired) electrons. The van der Waals surface area contributed by atoms with Crippen molar-refractivity contribution in [3.63, 3.8) is 0 Å². The maximum atomic E-state index is 5.71. The Labute approximate surface area is 127 Å². The van der Waals surface area contributed by atoms with Crippen LogP contribution in [0.15, 0.2) is 18.5 Å². The van der Waals surface area contributed by atoms with Gasteiger partial charge in [0, 0.05) is 25.5 Å². The minimum absolute atomic E-state index is 0.316. The third kappa shape index (κ3) is 4.80. The summed E-state index contributed by atoms with van der Waals surface area (Å²) >= 11 is 0. The molecule has 1 atom stereocenters. The Morgan fingerprint density at radius 3 is 2.71 bits per heavy atom. The molecular weight excluding hydrogens is 266 g/mol. The van der Waals surface area contributed by atoms with E-state index in [0.29, 0.717) is 6.10 Å². The second-order valence-electron chi connectivity index (χ2n) is 6.20. The Morgan fingerprint density at radius 1 is 1.10 bits per heavy atom. The number of hydrogen-bond donors (Lipinski definition) is 0. The minimum Gasteiger partial charge on any atom is -0.376 e. The number of likely N-dealkylation sites (tertiary alicyclic amines) is 1. The molecule has 5 heteroatoms. The van der Waals surface area contributed by atoms with Gasteiger partial charge >= 0.3 is 0 Å². The van der Waals surface area contributed by atoms with Gasteiger partial charge in [0.25, 0.3) is 0 Å². The maximum Gasteiger partial charge on any atom is 0.0821 e. The van der Waals surface area contributed by atoms with Crippen molar-refractivity contribution >= 4 is 0 Å². The first-order valence-electron chi connectivity index (χ1n) is 8.29. The number of rotatable bonds is 6. The van der Waals surface area contributed by atoms with Crippen molar-refractivity contribution in [2.75, 3.05) is 39.5 Å². The van der Waals surface area contributed by atoms with E-state index in [2.05, 4.69) is 16.2 Å². The van der Waals surface area contributed by atoms with Gasteiger partial charge in [-0.2, -0.15) is 5.10 Å². The van der Waals surface area contributed by atoms with E-state index in [4.69, 9.17) is 9.47 Å². The van der Waals surface area contributed by atoms with Crippen LogP contribution in [0.3, 0.4) is 0 Å². The van der Waals surface area contributed by atoms with Crippen LogP contribution < -0.4 is 0 Å². The summed E-state index contributed by atoms with van der Waals surface area (Å²) in [6.45, 7) is 6.98. The molecule has 0 amide bonds. The van der Waals surface area contributed by atoms with Crippen LogP contribution in [0.25, 0.3) is 0 Å². The molecule has 21 heavy (non-hydrogen) atoms. The van der Waals surface area contributed by atoms with Crippen molar-refractivity contribution in [3.05, 3.63) is 18.5 Å². The van der Waals surface area contributed by atoms with E-state index in [-0.39, 0.29) is 0 Å². The van der Waals surface area contributed by atoms with Crippen LogP contribution in [0.5, 0.6) is 0 Å².